The summed E-state index contributed by atoms with van der Waals surface area (Å²) in [5.41, 5.74) is 4.11. The van der Waals surface area contributed by atoms with Gasteiger partial charge in [-0.1, -0.05) is 0 Å². The van der Waals surface area contributed by atoms with Crippen LogP contribution in [0, 0.1) is 13.8 Å². The molecule has 0 saturated carbocycles. The summed E-state index contributed by atoms with van der Waals surface area (Å²) in [4.78, 5) is 3.46. The van der Waals surface area contributed by atoms with E-state index in [9.17, 15) is 20.4 Å². The van der Waals surface area contributed by atoms with Gasteiger partial charge < -0.3 is 30.1 Å². The Morgan fingerprint density at radius 1 is 1.00 bits per heavy atom. The molecule has 0 aliphatic carbocycles. The van der Waals surface area contributed by atoms with E-state index in [-0.39, 0.29) is 12.4 Å². The molecule has 0 amide bonds. The van der Waals surface area contributed by atoms with Crippen LogP contribution in [-0.2, 0) is 4.74 Å². The molecule has 1 aliphatic rings. The standard InChI is InChI=1S/C22H22N2O5/c1-10-15-8-24(22-21(28)20(27)17(26)9-29-22)6-5-13(15)11(2)19-18(10)14-7-12(25)3-4-16(14)23-19/h3-8,17,20-22,25-28H,9H2,1-2H3/p+1/t17-,20+,21+,22-/m1/s1. The Bertz CT molecular complexity index is 1260. The molecule has 2 aromatic carbocycles. The average molecular weight is 395 g/mol. The van der Waals surface area contributed by atoms with Gasteiger partial charge in [-0.15, -0.1) is 0 Å². The monoisotopic (exact) mass is 395 g/mol. The summed E-state index contributed by atoms with van der Waals surface area (Å²) in [7, 11) is 0. The number of aromatic amines is 1. The molecule has 7 heteroatoms. The molecule has 7 nitrogen and oxygen atoms in total. The Morgan fingerprint density at radius 2 is 1.79 bits per heavy atom. The molecule has 5 N–H and O–H groups in total. The number of hydrogen-bond acceptors (Lipinski definition) is 5. The van der Waals surface area contributed by atoms with E-state index in [1.54, 1.807) is 16.7 Å². The largest absolute Gasteiger partial charge is 0.508 e. The molecule has 0 bridgehead atoms. The number of hydrogen-bond donors (Lipinski definition) is 5. The molecule has 1 fully saturated rings. The van der Waals surface area contributed by atoms with Gasteiger partial charge in [-0.2, -0.15) is 4.57 Å². The van der Waals surface area contributed by atoms with Crippen molar-refractivity contribution in [2.24, 2.45) is 0 Å². The molecule has 0 unspecified atom stereocenters. The van der Waals surface area contributed by atoms with Crippen molar-refractivity contribution in [1.29, 1.82) is 0 Å². The molecule has 150 valence electrons. The van der Waals surface area contributed by atoms with Gasteiger partial charge in [0, 0.05) is 27.7 Å². The minimum absolute atomic E-state index is 0.0489. The van der Waals surface area contributed by atoms with Crippen molar-refractivity contribution in [3.63, 3.8) is 0 Å². The number of benzene rings is 2. The van der Waals surface area contributed by atoms with Crippen LogP contribution in [0.5, 0.6) is 5.75 Å². The van der Waals surface area contributed by atoms with Gasteiger partial charge in [-0.25, -0.2) is 0 Å². The molecule has 5 rings (SSSR count). The summed E-state index contributed by atoms with van der Waals surface area (Å²) in [6.07, 6.45) is -0.690. The van der Waals surface area contributed by atoms with Crippen LogP contribution in [-0.4, -0.2) is 50.3 Å². The first-order chi connectivity index (χ1) is 13.9. The quantitative estimate of drug-likeness (QED) is 0.315. The number of aryl methyl sites for hydroxylation is 2. The number of ether oxygens (including phenoxy) is 1. The first kappa shape index (κ1) is 18.3. The van der Waals surface area contributed by atoms with Crippen LogP contribution < -0.4 is 4.57 Å². The van der Waals surface area contributed by atoms with Gasteiger partial charge >= 0.3 is 0 Å². The highest BCUT2D eigenvalue weighted by Crippen LogP contribution is 2.37. The summed E-state index contributed by atoms with van der Waals surface area (Å²) in [6.45, 7) is 4.03. The zero-order valence-corrected chi connectivity index (χ0v) is 16.1. The number of phenols is 1. The number of pyridine rings is 1. The van der Waals surface area contributed by atoms with E-state index in [0.717, 1.165) is 43.7 Å². The lowest BCUT2D eigenvalue weighted by atomic mass is 9.96. The number of H-pyrrole nitrogens is 1. The molecule has 4 atom stereocenters. The van der Waals surface area contributed by atoms with Crippen molar-refractivity contribution < 1.29 is 29.7 Å². The maximum Gasteiger partial charge on any atom is 0.291 e. The van der Waals surface area contributed by atoms with Gasteiger partial charge in [0.2, 0.25) is 0 Å². The van der Waals surface area contributed by atoms with Crippen LogP contribution >= 0.6 is 0 Å². The third-order valence-electron chi connectivity index (χ3n) is 6.09. The number of rotatable bonds is 1. The van der Waals surface area contributed by atoms with Crippen LogP contribution in [0.25, 0.3) is 32.6 Å². The fourth-order valence-corrected chi connectivity index (χ4v) is 4.47. The molecule has 1 aliphatic heterocycles. The Hall–Kier alpha value is -2.71. The maximum atomic E-state index is 10.4. The van der Waals surface area contributed by atoms with Crippen molar-refractivity contribution in [3.8, 4) is 5.75 Å². The highest BCUT2D eigenvalue weighted by molar-refractivity contribution is 6.16. The Morgan fingerprint density at radius 3 is 2.59 bits per heavy atom. The molecule has 0 spiro atoms. The van der Waals surface area contributed by atoms with Crippen LogP contribution in [0.1, 0.15) is 17.4 Å². The van der Waals surface area contributed by atoms with E-state index >= 15 is 0 Å². The molecule has 0 radical (unpaired) electrons. The Balaban J connectivity index is 1.75. The normalized spacial score (nSPS) is 25.3. The zero-order valence-electron chi connectivity index (χ0n) is 16.1. The van der Waals surface area contributed by atoms with Crippen molar-refractivity contribution in [1.82, 2.24) is 4.98 Å². The summed E-state index contributed by atoms with van der Waals surface area (Å²) in [6, 6.07) is 7.26. The van der Waals surface area contributed by atoms with Gasteiger partial charge in [0.25, 0.3) is 6.23 Å². The number of nitrogens with one attached hydrogen (secondary N) is 1. The Kier molecular flexibility index (Phi) is 4.04. The number of aliphatic hydroxyl groups is 3. The summed E-state index contributed by atoms with van der Waals surface area (Å²) >= 11 is 0. The molecule has 1 saturated heterocycles. The van der Waals surface area contributed by atoms with Crippen molar-refractivity contribution in [2.45, 2.75) is 38.4 Å². The van der Waals surface area contributed by atoms with E-state index in [1.807, 2.05) is 31.5 Å². The van der Waals surface area contributed by atoms with Crippen molar-refractivity contribution in [2.75, 3.05) is 6.61 Å². The fraction of sp³-hybridized carbons (Fsp3) is 0.318. The van der Waals surface area contributed by atoms with Gasteiger partial charge in [0.1, 0.15) is 18.0 Å². The molecule has 2 aromatic heterocycles. The number of fused-ring (bicyclic) bond motifs is 4. The number of aromatic nitrogens is 2. The van der Waals surface area contributed by atoms with E-state index in [0.29, 0.717) is 0 Å². The molecule has 4 aromatic rings. The highest BCUT2D eigenvalue weighted by atomic mass is 16.5. The number of phenolic OH excluding ortho intramolecular Hbond substituents is 1. The number of aromatic hydroxyl groups is 1. The Labute approximate surface area is 166 Å². The lowest BCUT2D eigenvalue weighted by Gasteiger charge is -2.31. The second-order valence-electron chi connectivity index (χ2n) is 7.85. The number of aliphatic hydroxyl groups excluding tert-OH is 3. The highest BCUT2D eigenvalue weighted by Gasteiger charge is 2.43. The minimum Gasteiger partial charge on any atom is -0.508 e. The SMILES string of the molecule is Cc1c2cc[n+]([C@@H]3OC[C@@H](O)[C@H](O)[C@@H]3O)cc2c(C)c2c1[nH]c1ccc(O)cc12. The third kappa shape index (κ3) is 2.63. The third-order valence-corrected chi connectivity index (χ3v) is 6.09. The molecule has 3 heterocycles. The minimum atomic E-state index is -1.26. The van der Waals surface area contributed by atoms with Crippen LogP contribution in [0.15, 0.2) is 36.7 Å². The topological polar surface area (TPSA) is 110 Å². The van der Waals surface area contributed by atoms with Gasteiger partial charge in [-0.05, 0) is 48.6 Å². The van der Waals surface area contributed by atoms with E-state index in [4.69, 9.17) is 4.74 Å². The van der Waals surface area contributed by atoms with Crippen LogP contribution in [0.2, 0.25) is 0 Å². The second-order valence-corrected chi connectivity index (χ2v) is 7.85. The van der Waals surface area contributed by atoms with E-state index < -0.39 is 24.5 Å². The second kappa shape index (κ2) is 6.40. The van der Waals surface area contributed by atoms with Crippen molar-refractivity contribution >= 4 is 32.6 Å². The average Bonchev–Trinajstić information content (AvgIpc) is 3.09. The predicted molar refractivity (Wildman–Crippen MR) is 108 cm³/mol. The lowest BCUT2D eigenvalue weighted by Crippen LogP contribution is -2.58. The summed E-state index contributed by atoms with van der Waals surface area (Å²) in [5, 5.41) is 44.1. The predicted octanol–water partition coefficient (Wildman–Crippen LogP) is 1.70. The van der Waals surface area contributed by atoms with Gasteiger partial charge in [-0.3, -0.25) is 0 Å². The number of nitrogens with zero attached hydrogens (tertiary/aromatic N) is 1. The molecular weight excluding hydrogens is 372 g/mol. The first-order valence-electron chi connectivity index (χ1n) is 9.60. The van der Waals surface area contributed by atoms with Gasteiger partial charge in [0.15, 0.2) is 18.5 Å². The summed E-state index contributed by atoms with van der Waals surface area (Å²) < 4.78 is 7.33. The summed E-state index contributed by atoms with van der Waals surface area (Å²) in [5.74, 6) is 0.213. The maximum absolute atomic E-state index is 10.4. The van der Waals surface area contributed by atoms with Gasteiger partial charge in [0.05, 0.1) is 12.1 Å². The van der Waals surface area contributed by atoms with E-state index in [1.165, 1.54) is 0 Å². The zero-order chi connectivity index (χ0) is 20.4. The lowest BCUT2D eigenvalue weighted by molar-refractivity contribution is -0.774. The smallest absolute Gasteiger partial charge is 0.291 e. The fourth-order valence-electron chi connectivity index (χ4n) is 4.47. The van der Waals surface area contributed by atoms with Crippen LogP contribution in [0.3, 0.4) is 0 Å². The van der Waals surface area contributed by atoms with Crippen molar-refractivity contribution in [3.05, 3.63) is 47.8 Å². The molecular formula is C22H23N2O5+. The van der Waals surface area contributed by atoms with E-state index in [2.05, 4.69) is 11.9 Å². The molecule has 29 heavy (non-hydrogen) atoms. The first-order valence-corrected chi connectivity index (χ1v) is 9.60. The van der Waals surface area contributed by atoms with Crippen LogP contribution in [0.4, 0.5) is 0 Å².